The highest BCUT2D eigenvalue weighted by Gasteiger charge is 2.38. The normalized spacial score (nSPS) is 18.3. The molecule has 12 nitrogen and oxygen atoms in total. The average Bonchev–Trinajstić information content (AvgIpc) is 3.67. The van der Waals surface area contributed by atoms with E-state index in [1.807, 2.05) is 54.6 Å². The van der Waals surface area contributed by atoms with Gasteiger partial charge in [0.25, 0.3) is 0 Å². The fourth-order valence-electron chi connectivity index (χ4n) is 6.36. The lowest BCUT2D eigenvalue weighted by Crippen LogP contribution is -2.38. The lowest BCUT2D eigenvalue weighted by Gasteiger charge is -2.41. The lowest BCUT2D eigenvalue weighted by atomic mass is 9.91. The number of aromatic hydroxyl groups is 1. The largest absolute Gasteiger partial charge is 0.508 e. The van der Waals surface area contributed by atoms with Crippen LogP contribution in [0.1, 0.15) is 74.2 Å². The summed E-state index contributed by atoms with van der Waals surface area (Å²) < 4.78 is 15.1. The Morgan fingerprint density at radius 3 is 2.37 bits per heavy atom. The van der Waals surface area contributed by atoms with Gasteiger partial charge in [0.2, 0.25) is 17.0 Å². The standard InChI is InChI=1S/C41H46N6O6S/c1-27-37(26-54-41-44-45-46-47(41)35-17-19-36(50)20-18-35)52-40(53-39(27)31-15-13-29(25-48)14-16-31)34-11-7-10-33(23-34)32-9-6-8-30(22-32)24-43-38(51)12-4-3-5-21-42-28(2)49/h6-11,13-20,22-23,27,37,39-40,48,50H,3-5,12,21,24-26H2,1-2H3,(H,42,49)(H,43,51)/t27-,37+,39+,40+/m0/s1. The highest BCUT2D eigenvalue weighted by molar-refractivity contribution is 7.99. The molecule has 282 valence electrons. The molecule has 1 fully saturated rings. The summed E-state index contributed by atoms with van der Waals surface area (Å²) in [6.07, 6.45) is 1.76. The summed E-state index contributed by atoms with van der Waals surface area (Å²) in [6.45, 7) is 4.64. The number of carbonyl (C=O) groups is 2. The second-order valence-corrected chi connectivity index (χ2v) is 14.4. The first-order valence-corrected chi connectivity index (χ1v) is 19.2. The minimum absolute atomic E-state index is 0.00729. The van der Waals surface area contributed by atoms with Crippen LogP contribution in [0.2, 0.25) is 0 Å². The molecule has 54 heavy (non-hydrogen) atoms. The molecule has 1 saturated heterocycles. The number of phenolic OH excluding ortho intramolecular Hbond substituents is 1. The molecular weight excluding hydrogens is 705 g/mol. The number of rotatable bonds is 16. The molecule has 0 spiro atoms. The summed E-state index contributed by atoms with van der Waals surface area (Å²) >= 11 is 1.49. The van der Waals surface area contributed by atoms with Crippen molar-refractivity contribution in [1.29, 1.82) is 0 Å². The van der Waals surface area contributed by atoms with Crippen molar-refractivity contribution in [1.82, 2.24) is 30.8 Å². The molecule has 13 heteroatoms. The molecule has 1 aromatic heterocycles. The Labute approximate surface area is 319 Å². The Morgan fingerprint density at radius 2 is 1.61 bits per heavy atom. The van der Waals surface area contributed by atoms with E-state index in [9.17, 15) is 19.8 Å². The molecule has 4 aromatic carbocycles. The van der Waals surface area contributed by atoms with Gasteiger partial charge in [-0.1, -0.05) is 85.8 Å². The molecule has 0 unspecified atom stereocenters. The third-order valence-corrected chi connectivity index (χ3v) is 10.4. The minimum atomic E-state index is -0.664. The Balaban J connectivity index is 1.15. The number of carbonyl (C=O) groups excluding carboxylic acids is 2. The van der Waals surface area contributed by atoms with Gasteiger partial charge in [-0.05, 0) is 87.5 Å². The van der Waals surface area contributed by atoms with Gasteiger partial charge in [0.1, 0.15) is 5.75 Å². The van der Waals surface area contributed by atoms with Crippen LogP contribution in [-0.4, -0.2) is 60.6 Å². The maximum absolute atomic E-state index is 12.5. The SMILES string of the molecule is CC(=O)NCCCCCC(=O)NCc1cccc(-c2cccc([C@@H]3O[C@H](CSc4nnnn4-c4ccc(O)cc4)[C@H](C)[C@H](c4ccc(CO)cc4)O3)c2)c1. The summed E-state index contributed by atoms with van der Waals surface area (Å²) in [7, 11) is 0. The van der Waals surface area contributed by atoms with Crippen LogP contribution in [0.15, 0.2) is 102 Å². The number of nitrogens with one attached hydrogen (secondary N) is 2. The van der Waals surface area contributed by atoms with Gasteiger partial charge in [-0.3, -0.25) is 9.59 Å². The van der Waals surface area contributed by atoms with E-state index in [0.717, 1.165) is 58.3 Å². The minimum Gasteiger partial charge on any atom is -0.508 e. The Morgan fingerprint density at radius 1 is 0.852 bits per heavy atom. The molecule has 2 heterocycles. The number of aliphatic hydroxyl groups is 1. The number of amides is 2. The van der Waals surface area contributed by atoms with Crippen LogP contribution in [0, 0.1) is 5.92 Å². The van der Waals surface area contributed by atoms with Gasteiger partial charge in [0.15, 0.2) is 6.29 Å². The Bertz CT molecular complexity index is 1990. The van der Waals surface area contributed by atoms with Gasteiger partial charge >= 0.3 is 0 Å². The van der Waals surface area contributed by atoms with E-state index < -0.39 is 6.29 Å². The van der Waals surface area contributed by atoms with Crippen molar-refractivity contribution in [3.05, 3.63) is 119 Å². The molecule has 0 bridgehead atoms. The molecule has 1 aliphatic heterocycles. The maximum atomic E-state index is 12.5. The highest BCUT2D eigenvalue weighted by atomic mass is 32.2. The molecule has 0 saturated carbocycles. The first-order valence-electron chi connectivity index (χ1n) is 18.2. The van der Waals surface area contributed by atoms with Crippen LogP contribution >= 0.6 is 11.8 Å². The topological polar surface area (TPSA) is 161 Å². The quantitative estimate of drug-likeness (QED) is 0.0654. The summed E-state index contributed by atoms with van der Waals surface area (Å²) in [5.41, 5.74) is 6.42. The number of aromatic nitrogens is 4. The summed E-state index contributed by atoms with van der Waals surface area (Å²) in [4.78, 5) is 23.5. The molecule has 1 aliphatic rings. The Hall–Kier alpha value is -5.08. The first-order chi connectivity index (χ1) is 26.3. The zero-order valence-corrected chi connectivity index (χ0v) is 31.2. The van der Waals surface area contributed by atoms with Crippen molar-refractivity contribution in [2.45, 2.75) is 76.3 Å². The number of hydrogen-bond donors (Lipinski definition) is 4. The van der Waals surface area contributed by atoms with Gasteiger partial charge in [-0.15, -0.1) is 5.10 Å². The van der Waals surface area contributed by atoms with Crippen LogP contribution in [0.4, 0.5) is 0 Å². The molecule has 4 N–H and O–H groups in total. The predicted octanol–water partition coefficient (Wildman–Crippen LogP) is 6.42. The van der Waals surface area contributed by atoms with E-state index in [4.69, 9.17) is 9.47 Å². The van der Waals surface area contributed by atoms with Gasteiger partial charge < -0.3 is 30.3 Å². The van der Waals surface area contributed by atoms with Gasteiger partial charge in [-0.2, -0.15) is 4.68 Å². The van der Waals surface area contributed by atoms with Crippen LogP contribution in [0.5, 0.6) is 5.75 Å². The number of unbranched alkanes of at least 4 members (excludes halogenated alkanes) is 2. The number of phenols is 1. The van der Waals surface area contributed by atoms with E-state index in [-0.39, 0.29) is 42.3 Å². The number of thioether (sulfide) groups is 1. The van der Waals surface area contributed by atoms with E-state index >= 15 is 0 Å². The van der Waals surface area contributed by atoms with Crippen molar-refractivity contribution in [3.63, 3.8) is 0 Å². The number of ether oxygens (including phenoxy) is 2. The average molecular weight is 751 g/mol. The molecule has 0 radical (unpaired) electrons. The zero-order chi connectivity index (χ0) is 37.9. The molecule has 4 atom stereocenters. The molecule has 5 aromatic rings. The summed E-state index contributed by atoms with van der Waals surface area (Å²) in [5.74, 6) is 0.647. The molecule has 2 amide bonds. The summed E-state index contributed by atoms with van der Waals surface area (Å²) in [6, 6.07) is 30.8. The Kier molecular flexibility index (Phi) is 13.4. The molecule has 6 rings (SSSR count). The zero-order valence-electron chi connectivity index (χ0n) is 30.4. The number of aliphatic hydroxyl groups excluding tert-OH is 1. The predicted molar refractivity (Wildman–Crippen MR) is 205 cm³/mol. The monoisotopic (exact) mass is 750 g/mol. The second-order valence-electron chi connectivity index (χ2n) is 13.4. The third kappa shape index (κ3) is 10.3. The van der Waals surface area contributed by atoms with Crippen LogP contribution in [0.3, 0.4) is 0 Å². The lowest BCUT2D eigenvalue weighted by molar-refractivity contribution is -0.268. The number of hydrogen-bond acceptors (Lipinski definition) is 10. The number of tetrazole rings is 1. The fraction of sp³-hybridized carbons (Fsp3) is 0.341. The number of benzene rings is 4. The van der Waals surface area contributed by atoms with Crippen molar-refractivity contribution >= 4 is 23.6 Å². The summed E-state index contributed by atoms with van der Waals surface area (Å²) in [5, 5.41) is 38.1. The molecular formula is C41H46N6O6S. The maximum Gasteiger partial charge on any atom is 0.220 e. The van der Waals surface area contributed by atoms with E-state index in [1.165, 1.54) is 18.7 Å². The van der Waals surface area contributed by atoms with E-state index in [0.29, 0.717) is 30.4 Å². The van der Waals surface area contributed by atoms with Crippen molar-refractivity contribution in [2.24, 2.45) is 5.92 Å². The first kappa shape index (κ1) is 38.6. The van der Waals surface area contributed by atoms with E-state index in [1.54, 1.807) is 28.9 Å². The number of nitrogens with zero attached hydrogens (tertiary/aromatic N) is 4. The third-order valence-electron chi connectivity index (χ3n) is 9.40. The van der Waals surface area contributed by atoms with Gasteiger partial charge in [-0.25, -0.2) is 0 Å². The molecule has 0 aliphatic carbocycles. The fourth-order valence-corrected chi connectivity index (χ4v) is 7.41. The van der Waals surface area contributed by atoms with Crippen LogP contribution in [-0.2, 0) is 32.2 Å². The van der Waals surface area contributed by atoms with E-state index in [2.05, 4.69) is 51.3 Å². The van der Waals surface area contributed by atoms with Crippen molar-refractivity contribution in [3.8, 4) is 22.6 Å². The van der Waals surface area contributed by atoms with Gasteiger partial charge in [0, 0.05) is 43.7 Å². The van der Waals surface area contributed by atoms with Crippen molar-refractivity contribution < 1.29 is 29.3 Å². The van der Waals surface area contributed by atoms with Crippen LogP contribution < -0.4 is 10.6 Å². The highest BCUT2D eigenvalue weighted by Crippen LogP contribution is 2.43. The van der Waals surface area contributed by atoms with Crippen molar-refractivity contribution in [2.75, 3.05) is 12.3 Å². The van der Waals surface area contributed by atoms with Crippen LogP contribution in [0.25, 0.3) is 16.8 Å². The van der Waals surface area contributed by atoms with Gasteiger partial charge in [0.05, 0.1) is 24.5 Å². The smallest absolute Gasteiger partial charge is 0.220 e. The second kappa shape index (κ2) is 18.8.